The van der Waals surface area contributed by atoms with Gasteiger partial charge in [-0.05, 0) is 38.5 Å². The number of alkyl halides is 3. The van der Waals surface area contributed by atoms with Gasteiger partial charge in [0.2, 0.25) is 0 Å². The predicted octanol–water partition coefficient (Wildman–Crippen LogP) is 5.51. The Labute approximate surface area is 163 Å². The summed E-state index contributed by atoms with van der Waals surface area (Å²) in [7, 11) is 0. The van der Waals surface area contributed by atoms with Crippen molar-refractivity contribution in [3.8, 4) is 11.3 Å². The van der Waals surface area contributed by atoms with E-state index >= 15 is 0 Å². The fraction of sp³-hybridized carbons (Fsp3) is 0.250. The standard InChI is InChI=1S/C20H16F3N3OS/c1-11-6-5-7-14(8-11)17-9-15(20(21,22)23)18(24-4)19(27)26(17)10-16-12(2)28-13(3)25-16/h5-9H,10H2,1-3H3. The van der Waals surface area contributed by atoms with Gasteiger partial charge in [0.05, 0.1) is 29.4 Å². The minimum absolute atomic E-state index is 0.00105. The lowest BCUT2D eigenvalue weighted by Gasteiger charge is -2.18. The molecule has 3 rings (SSSR count). The Morgan fingerprint density at radius 3 is 2.46 bits per heavy atom. The number of rotatable bonds is 3. The summed E-state index contributed by atoms with van der Waals surface area (Å²) >= 11 is 1.45. The van der Waals surface area contributed by atoms with Crippen LogP contribution in [0.2, 0.25) is 0 Å². The van der Waals surface area contributed by atoms with Crippen LogP contribution in [0.5, 0.6) is 0 Å². The molecule has 144 valence electrons. The topological polar surface area (TPSA) is 39.2 Å². The molecule has 0 N–H and O–H groups in total. The lowest BCUT2D eigenvalue weighted by atomic mass is 10.0. The van der Waals surface area contributed by atoms with Gasteiger partial charge in [-0.1, -0.05) is 23.8 Å². The van der Waals surface area contributed by atoms with Crippen molar-refractivity contribution in [2.45, 2.75) is 33.5 Å². The van der Waals surface area contributed by atoms with E-state index < -0.39 is 23.0 Å². The second-order valence-electron chi connectivity index (χ2n) is 6.40. The van der Waals surface area contributed by atoms with Gasteiger partial charge in [-0.25, -0.2) is 9.83 Å². The summed E-state index contributed by atoms with van der Waals surface area (Å²) in [6, 6.07) is 7.78. The highest BCUT2D eigenvalue weighted by Crippen LogP contribution is 2.37. The summed E-state index contributed by atoms with van der Waals surface area (Å²) in [5, 5.41) is 0.801. The Morgan fingerprint density at radius 2 is 1.93 bits per heavy atom. The zero-order valence-corrected chi connectivity index (χ0v) is 16.2. The molecule has 1 aromatic carbocycles. The van der Waals surface area contributed by atoms with E-state index in [0.717, 1.165) is 21.5 Å². The molecule has 3 aromatic rings. The maximum atomic E-state index is 13.5. The van der Waals surface area contributed by atoms with Crippen LogP contribution in [0.15, 0.2) is 35.1 Å². The molecule has 0 fully saturated rings. The second kappa shape index (κ2) is 7.24. The quantitative estimate of drug-likeness (QED) is 0.541. The molecule has 0 unspecified atom stereocenters. The molecule has 0 atom stereocenters. The monoisotopic (exact) mass is 403 g/mol. The van der Waals surface area contributed by atoms with Gasteiger partial charge in [0, 0.05) is 10.6 Å². The summed E-state index contributed by atoms with van der Waals surface area (Å²) in [5.41, 5.74) is -1.07. The number of pyridine rings is 1. The van der Waals surface area contributed by atoms with E-state index in [4.69, 9.17) is 6.57 Å². The number of benzene rings is 1. The van der Waals surface area contributed by atoms with Crippen LogP contribution in [0.25, 0.3) is 16.1 Å². The third-order valence-corrected chi connectivity index (χ3v) is 5.24. The molecule has 8 heteroatoms. The van der Waals surface area contributed by atoms with Crippen LogP contribution in [0.4, 0.5) is 18.9 Å². The molecule has 4 nitrogen and oxygen atoms in total. The SMILES string of the molecule is [C-]#[N+]c1c(C(F)(F)F)cc(-c2cccc(C)c2)n(Cc2nc(C)sc2C)c1=O. The van der Waals surface area contributed by atoms with Gasteiger partial charge in [0.15, 0.2) is 0 Å². The van der Waals surface area contributed by atoms with Crippen LogP contribution in [0.3, 0.4) is 0 Å². The molecule has 0 saturated carbocycles. The minimum Gasteiger partial charge on any atom is -0.311 e. The number of nitrogens with zero attached hydrogens (tertiary/aromatic N) is 3. The van der Waals surface area contributed by atoms with Crippen molar-refractivity contribution in [1.29, 1.82) is 0 Å². The van der Waals surface area contributed by atoms with Crippen LogP contribution in [-0.4, -0.2) is 9.55 Å². The van der Waals surface area contributed by atoms with Crippen molar-refractivity contribution < 1.29 is 13.2 Å². The Morgan fingerprint density at radius 1 is 1.21 bits per heavy atom. The molecule has 0 radical (unpaired) electrons. The largest absolute Gasteiger partial charge is 0.407 e. The lowest BCUT2D eigenvalue weighted by molar-refractivity contribution is -0.136. The third-order valence-electron chi connectivity index (χ3n) is 4.31. The van der Waals surface area contributed by atoms with Crippen LogP contribution in [0.1, 0.15) is 26.7 Å². The summed E-state index contributed by atoms with van der Waals surface area (Å²) in [5.74, 6) is 0. The molecule has 2 aromatic heterocycles. The smallest absolute Gasteiger partial charge is 0.311 e. The van der Waals surface area contributed by atoms with Gasteiger partial charge >= 0.3 is 6.18 Å². The first kappa shape index (κ1) is 19.8. The number of aryl methyl sites for hydroxylation is 3. The van der Waals surface area contributed by atoms with Crippen molar-refractivity contribution in [2.24, 2.45) is 0 Å². The average Bonchev–Trinajstić information content (AvgIpc) is 2.92. The van der Waals surface area contributed by atoms with Gasteiger partial charge < -0.3 is 4.57 Å². The molecule has 0 aliphatic rings. The maximum absolute atomic E-state index is 13.5. The van der Waals surface area contributed by atoms with Gasteiger partial charge in [0.1, 0.15) is 0 Å². The molecule has 2 heterocycles. The molecule has 0 amide bonds. The van der Waals surface area contributed by atoms with Crippen LogP contribution < -0.4 is 5.56 Å². The number of halogens is 3. The van der Waals surface area contributed by atoms with Gasteiger partial charge in [-0.3, -0.25) is 4.79 Å². The molecule has 28 heavy (non-hydrogen) atoms. The first-order valence-corrected chi connectivity index (χ1v) is 9.16. The molecule has 0 aliphatic carbocycles. The van der Waals surface area contributed by atoms with Crippen molar-refractivity contribution in [3.05, 3.63) is 78.8 Å². The number of aromatic nitrogens is 2. The van der Waals surface area contributed by atoms with Gasteiger partial charge in [-0.2, -0.15) is 13.2 Å². The van der Waals surface area contributed by atoms with Gasteiger partial charge in [0.25, 0.3) is 11.2 Å². The first-order chi connectivity index (χ1) is 13.1. The van der Waals surface area contributed by atoms with Crippen molar-refractivity contribution in [3.63, 3.8) is 0 Å². The Bertz CT molecular complexity index is 1150. The summed E-state index contributed by atoms with van der Waals surface area (Å²) in [4.78, 5) is 21.1. The minimum atomic E-state index is -4.80. The van der Waals surface area contributed by atoms with Crippen LogP contribution >= 0.6 is 11.3 Å². The zero-order valence-electron chi connectivity index (χ0n) is 15.4. The fourth-order valence-corrected chi connectivity index (χ4v) is 3.86. The molecule has 0 aliphatic heterocycles. The summed E-state index contributed by atoms with van der Waals surface area (Å²) < 4.78 is 41.8. The summed E-state index contributed by atoms with van der Waals surface area (Å²) in [6.45, 7) is 12.6. The normalized spacial score (nSPS) is 11.5. The molecule has 0 bridgehead atoms. The van der Waals surface area contributed by atoms with E-state index in [1.165, 1.54) is 15.9 Å². The Balaban J connectivity index is 2.34. The molecular weight excluding hydrogens is 387 g/mol. The highest BCUT2D eigenvalue weighted by Gasteiger charge is 2.36. The zero-order chi connectivity index (χ0) is 20.6. The van der Waals surface area contributed by atoms with Crippen LogP contribution in [0, 0.1) is 27.3 Å². The second-order valence-corrected chi connectivity index (χ2v) is 7.81. The third kappa shape index (κ3) is 3.71. The van der Waals surface area contributed by atoms with Crippen molar-refractivity contribution in [2.75, 3.05) is 0 Å². The fourth-order valence-electron chi connectivity index (χ4n) is 3.03. The maximum Gasteiger partial charge on any atom is 0.407 e. The van der Waals surface area contributed by atoms with Gasteiger partial charge in [-0.15, -0.1) is 11.3 Å². The van der Waals surface area contributed by atoms with E-state index in [0.29, 0.717) is 11.3 Å². The highest BCUT2D eigenvalue weighted by atomic mass is 32.1. The van der Waals surface area contributed by atoms with E-state index in [1.54, 1.807) is 18.2 Å². The molecule has 0 spiro atoms. The molecule has 0 saturated heterocycles. The van der Waals surface area contributed by atoms with E-state index in [2.05, 4.69) is 9.83 Å². The first-order valence-electron chi connectivity index (χ1n) is 8.34. The summed E-state index contributed by atoms with van der Waals surface area (Å²) in [6.07, 6.45) is -4.80. The number of hydrogen-bond acceptors (Lipinski definition) is 3. The highest BCUT2D eigenvalue weighted by molar-refractivity contribution is 7.11. The predicted molar refractivity (Wildman–Crippen MR) is 103 cm³/mol. The number of thiazole rings is 1. The van der Waals surface area contributed by atoms with Crippen molar-refractivity contribution in [1.82, 2.24) is 9.55 Å². The van der Waals surface area contributed by atoms with Crippen molar-refractivity contribution >= 4 is 17.0 Å². The molecular formula is C20H16F3N3OS. The van der Waals surface area contributed by atoms with E-state index in [-0.39, 0.29) is 12.2 Å². The Kier molecular flexibility index (Phi) is 5.13. The van der Waals surface area contributed by atoms with Crippen LogP contribution in [-0.2, 0) is 12.7 Å². The Hall–Kier alpha value is -2.92. The number of hydrogen-bond donors (Lipinski definition) is 0. The lowest BCUT2D eigenvalue weighted by Crippen LogP contribution is -2.25. The van der Waals surface area contributed by atoms with E-state index in [9.17, 15) is 18.0 Å². The van der Waals surface area contributed by atoms with E-state index in [1.807, 2.05) is 26.8 Å². The average molecular weight is 403 g/mol.